The molecule has 0 N–H and O–H groups in total. The molecule has 6 rings (SSSR count). The highest BCUT2D eigenvalue weighted by atomic mass is 16.5. The molecule has 0 aliphatic carbocycles. The molecule has 6 aromatic carbocycles. The fourth-order valence-corrected chi connectivity index (χ4v) is 6.17. The van der Waals surface area contributed by atoms with Crippen LogP contribution in [0.15, 0.2) is 171 Å². The molecule has 0 saturated heterocycles. The highest BCUT2D eigenvalue weighted by molar-refractivity contribution is 5.84. The monoisotopic (exact) mass is 698 g/mol. The van der Waals surface area contributed by atoms with Gasteiger partial charge in [0.25, 0.3) is 0 Å². The molecule has 264 valence electrons. The molecule has 0 atom stereocenters. The molecule has 6 nitrogen and oxygen atoms in total. The zero-order chi connectivity index (χ0) is 37.5. The van der Waals surface area contributed by atoms with Gasteiger partial charge in [-0.05, 0) is 106 Å². The summed E-state index contributed by atoms with van der Waals surface area (Å²) in [4.78, 5) is 27.6. The Kier molecular flexibility index (Phi) is 10.7. The summed E-state index contributed by atoms with van der Waals surface area (Å²) in [5.74, 6) is -0.0480. The lowest BCUT2D eigenvalue weighted by Crippen LogP contribution is -2.19. The highest BCUT2D eigenvalue weighted by Gasteiger charge is 2.24. The fraction of sp³-hybridized carbons (Fsp3) is 0.106. The minimum atomic E-state index is -0.491. The van der Waals surface area contributed by atoms with E-state index in [0.717, 1.165) is 51.5 Å². The topological polar surface area (TPSA) is 59.1 Å². The first-order valence-corrected chi connectivity index (χ1v) is 17.3. The van der Waals surface area contributed by atoms with Crippen LogP contribution in [0, 0.1) is 0 Å². The van der Waals surface area contributed by atoms with Crippen LogP contribution in [0.3, 0.4) is 0 Å². The third kappa shape index (κ3) is 8.29. The second kappa shape index (κ2) is 15.7. The normalized spacial score (nSPS) is 10.9. The Morgan fingerprint density at radius 1 is 0.472 bits per heavy atom. The van der Waals surface area contributed by atoms with Gasteiger partial charge in [0.1, 0.15) is 11.5 Å². The third-order valence-electron chi connectivity index (χ3n) is 9.35. The summed E-state index contributed by atoms with van der Waals surface area (Å²) >= 11 is 0. The summed E-state index contributed by atoms with van der Waals surface area (Å²) in [6.45, 7) is 11.4. The number of anilines is 4. The smallest absolute Gasteiger partial charge is 0.335 e. The number of carbonyl (C=O) groups is 2. The first-order chi connectivity index (χ1) is 25.5. The lowest BCUT2D eigenvalue weighted by Gasteiger charge is -2.29. The maximum atomic E-state index is 11.6. The molecule has 0 aliphatic heterocycles. The van der Waals surface area contributed by atoms with Crippen molar-refractivity contribution in [2.45, 2.75) is 19.3 Å². The van der Waals surface area contributed by atoms with Crippen molar-refractivity contribution in [2.75, 3.05) is 23.9 Å². The van der Waals surface area contributed by atoms with Gasteiger partial charge in [0.05, 0.1) is 0 Å². The Morgan fingerprint density at radius 3 is 1.06 bits per heavy atom. The molecule has 0 amide bonds. The van der Waals surface area contributed by atoms with Crippen LogP contribution in [0.25, 0.3) is 22.3 Å². The van der Waals surface area contributed by atoms with Crippen molar-refractivity contribution >= 4 is 34.7 Å². The van der Waals surface area contributed by atoms with Crippen molar-refractivity contribution in [1.82, 2.24) is 0 Å². The van der Waals surface area contributed by atoms with E-state index < -0.39 is 11.9 Å². The first kappa shape index (κ1) is 36.1. The van der Waals surface area contributed by atoms with Crippen LogP contribution < -0.4 is 19.3 Å². The SMILES string of the molecule is C=CC(=O)Oc1ccc(-c2ccc(N(c3ccc(-c4ccc(OC(=O)C=C)cc4)cc3)c3ccc(C(C)(C)c4ccc(N(C)C)cc4)cc3)cc2)cc1. The number of rotatable bonds is 12. The molecular formula is C47H42N2O4. The zero-order valence-electron chi connectivity index (χ0n) is 30.5. The number of nitrogens with zero attached hydrogens (tertiary/aromatic N) is 2. The predicted octanol–water partition coefficient (Wildman–Crippen LogP) is 11.1. The van der Waals surface area contributed by atoms with Gasteiger partial charge in [0, 0.05) is 54.4 Å². The molecule has 0 bridgehead atoms. The Labute approximate surface area is 311 Å². The van der Waals surface area contributed by atoms with Crippen molar-refractivity contribution in [3.8, 4) is 33.8 Å². The number of ether oxygens (including phenoxy) is 2. The lowest BCUT2D eigenvalue weighted by molar-refractivity contribution is -0.129. The van der Waals surface area contributed by atoms with Crippen LogP contribution in [-0.2, 0) is 15.0 Å². The number of hydrogen-bond acceptors (Lipinski definition) is 6. The van der Waals surface area contributed by atoms with Gasteiger partial charge in [-0.2, -0.15) is 0 Å². The summed E-state index contributed by atoms with van der Waals surface area (Å²) in [6.07, 6.45) is 2.29. The molecule has 0 heterocycles. The molecule has 0 unspecified atom stereocenters. The maximum absolute atomic E-state index is 11.6. The number of hydrogen-bond donors (Lipinski definition) is 0. The zero-order valence-corrected chi connectivity index (χ0v) is 30.5. The Morgan fingerprint density at radius 2 is 0.755 bits per heavy atom. The van der Waals surface area contributed by atoms with E-state index in [4.69, 9.17) is 9.47 Å². The first-order valence-electron chi connectivity index (χ1n) is 17.3. The van der Waals surface area contributed by atoms with E-state index in [1.54, 1.807) is 24.3 Å². The standard InChI is InChI=1S/C47H42N2O4/c1-7-45(50)52-43-29-13-35(14-30-43)33-9-21-40(22-10-33)49(41-23-11-34(12-24-41)36-15-31-44(32-16-36)53-46(51)8-2)42-27-19-38(20-28-42)47(3,4)37-17-25-39(26-18-37)48(5)6/h7-32H,1-2H2,3-6H3. The number of esters is 2. The quantitative estimate of drug-likeness (QED) is 0.0720. The molecule has 0 aliphatic rings. The van der Waals surface area contributed by atoms with Crippen LogP contribution in [-0.4, -0.2) is 26.0 Å². The predicted molar refractivity (Wildman–Crippen MR) is 217 cm³/mol. The largest absolute Gasteiger partial charge is 0.423 e. The average molecular weight is 699 g/mol. The average Bonchev–Trinajstić information content (AvgIpc) is 3.19. The van der Waals surface area contributed by atoms with Crippen LogP contribution in [0.2, 0.25) is 0 Å². The summed E-state index contributed by atoms with van der Waals surface area (Å²) < 4.78 is 10.5. The highest BCUT2D eigenvalue weighted by Crippen LogP contribution is 2.39. The molecule has 0 aromatic heterocycles. The Balaban J connectivity index is 1.32. The van der Waals surface area contributed by atoms with Crippen LogP contribution in [0.4, 0.5) is 22.7 Å². The van der Waals surface area contributed by atoms with Gasteiger partial charge >= 0.3 is 11.9 Å². The molecule has 0 fully saturated rings. The fourth-order valence-electron chi connectivity index (χ4n) is 6.17. The maximum Gasteiger partial charge on any atom is 0.335 e. The van der Waals surface area contributed by atoms with Crippen molar-refractivity contribution in [2.24, 2.45) is 0 Å². The van der Waals surface area contributed by atoms with Gasteiger partial charge in [-0.15, -0.1) is 0 Å². The van der Waals surface area contributed by atoms with Gasteiger partial charge in [-0.3, -0.25) is 0 Å². The van der Waals surface area contributed by atoms with Crippen LogP contribution in [0.5, 0.6) is 11.5 Å². The third-order valence-corrected chi connectivity index (χ3v) is 9.35. The van der Waals surface area contributed by atoms with Gasteiger partial charge in [-0.1, -0.05) is 99.8 Å². The molecular weight excluding hydrogens is 657 g/mol. The van der Waals surface area contributed by atoms with E-state index >= 15 is 0 Å². The van der Waals surface area contributed by atoms with Gasteiger partial charge < -0.3 is 19.3 Å². The molecule has 0 saturated carbocycles. The summed E-state index contributed by atoms with van der Waals surface area (Å²) in [5, 5.41) is 0. The van der Waals surface area contributed by atoms with E-state index in [9.17, 15) is 9.59 Å². The van der Waals surface area contributed by atoms with Gasteiger partial charge in [0.2, 0.25) is 0 Å². The van der Waals surface area contributed by atoms with Crippen molar-refractivity contribution < 1.29 is 19.1 Å². The molecule has 6 heteroatoms. The summed E-state index contributed by atoms with van der Waals surface area (Å²) in [7, 11) is 4.10. The molecule has 53 heavy (non-hydrogen) atoms. The van der Waals surface area contributed by atoms with E-state index in [2.05, 4.69) is 148 Å². The number of carbonyl (C=O) groups excluding carboxylic acids is 2. The van der Waals surface area contributed by atoms with E-state index in [1.165, 1.54) is 16.8 Å². The summed E-state index contributed by atoms with van der Waals surface area (Å²) in [6, 6.07) is 49.2. The van der Waals surface area contributed by atoms with Crippen molar-refractivity contribution in [1.29, 1.82) is 0 Å². The van der Waals surface area contributed by atoms with E-state index in [-0.39, 0.29) is 5.41 Å². The molecule has 0 radical (unpaired) electrons. The van der Waals surface area contributed by atoms with Crippen molar-refractivity contribution in [3.63, 3.8) is 0 Å². The minimum Gasteiger partial charge on any atom is -0.423 e. The Bertz CT molecular complexity index is 2090. The number of benzene rings is 6. The van der Waals surface area contributed by atoms with Crippen LogP contribution >= 0.6 is 0 Å². The van der Waals surface area contributed by atoms with Crippen molar-refractivity contribution in [3.05, 3.63) is 182 Å². The van der Waals surface area contributed by atoms with Gasteiger partial charge in [0.15, 0.2) is 0 Å². The molecule has 6 aromatic rings. The second-order valence-corrected chi connectivity index (χ2v) is 13.3. The summed E-state index contributed by atoms with van der Waals surface area (Å²) in [5.41, 5.74) is 10.5. The minimum absolute atomic E-state index is 0.198. The molecule has 0 spiro atoms. The van der Waals surface area contributed by atoms with E-state index in [0.29, 0.717) is 11.5 Å². The van der Waals surface area contributed by atoms with Crippen LogP contribution in [0.1, 0.15) is 25.0 Å². The second-order valence-electron chi connectivity index (χ2n) is 13.3. The Hall–Kier alpha value is -6.66. The van der Waals surface area contributed by atoms with E-state index in [1.807, 2.05) is 24.3 Å². The van der Waals surface area contributed by atoms with Gasteiger partial charge in [-0.25, -0.2) is 9.59 Å². The lowest BCUT2D eigenvalue weighted by atomic mass is 9.78.